The Morgan fingerprint density at radius 1 is 1.19 bits per heavy atom. The van der Waals surface area contributed by atoms with E-state index in [1.165, 1.54) is 17.2 Å². The zero-order valence-corrected chi connectivity index (χ0v) is 12.6. The van der Waals surface area contributed by atoms with E-state index in [0.717, 1.165) is 12.0 Å². The first-order valence-corrected chi connectivity index (χ1v) is 7.32. The number of hydrogen-bond acceptors (Lipinski definition) is 2. The van der Waals surface area contributed by atoms with Gasteiger partial charge in [-0.3, -0.25) is 0 Å². The Hall–Kier alpha value is -1.87. The molecule has 2 rings (SSSR count). The average molecular weight is 287 g/mol. The van der Waals surface area contributed by atoms with E-state index < -0.39 is 0 Å². The molecule has 112 valence electrons. The predicted molar refractivity (Wildman–Crippen MR) is 84.2 cm³/mol. The van der Waals surface area contributed by atoms with Crippen LogP contribution in [0.15, 0.2) is 42.5 Å². The molecule has 1 unspecified atom stereocenters. The number of aryl methyl sites for hydroxylation is 1. The van der Waals surface area contributed by atoms with Crippen LogP contribution >= 0.6 is 0 Å². The third kappa shape index (κ3) is 4.05. The van der Waals surface area contributed by atoms with Crippen molar-refractivity contribution in [3.05, 3.63) is 65.0 Å². The molecule has 2 nitrogen and oxygen atoms in total. The number of benzene rings is 2. The van der Waals surface area contributed by atoms with Gasteiger partial charge in [-0.15, -0.1) is 0 Å². The van der Waals surface area contributed by atoms with E-state index >= 15 is 0 Å². The maximum absolute atomic E-state index is 14.0. The molecule has 0 aliphatic carbocycles. The van der Waals surface area contributed by atoms with Gasteiger partial charge in [-0.05, 0) is 50.1 Å². The minimum Gasteiger partial charge on any atom is -0.491 e. The summed E-state index contributed by atoms with van der Waals surface area (Å²) in [7, 11) is 0. The van der Waals surface area contributed by atoms with Crippen LogP contribution in [0.5, 0.6) is 5.75 Å². The second-order valence-corrected chi connectivity index (χ2v) is 5.25. The lowest BCUT2D eigenvalue weighted by atomic mass is 9.91. The van der Waals surface area contributed by atoms with Crippen molar-refractivity contribution in [3.8, 4) is 5.75 Å². The van der Waals surface area contributed by atoms with Crippen LogP contribution in [0.1, 0.15) is 29.5 Å². The van der Waals surface area contributed by atoms with Crippen molar-refractivity contribution in [2.24, 2.45) is 5.73 Å². The highest BCUT2D eigenvalue weighted by atomic mass is 19.1. The predicted octanol–water partition coefficient (Wildman–Crippen LogP) is 3.82. The molecule has 0 aliphatic heterocycles. The molecule has 0 amide bonds. The van der Waals surface area contributed by atoms with Crippen LogP contribution < -0.4 is 10.5 Å². The minimum atomic E-state index is -0.322. The van der Waals surface area contributed by atoms with Crippen LogP contribution in [0.4, 0.5) is 4.39 Å². The first-order chi connectivity index (χ1) is 10.1. The van der Waals surface area contributed by atoms with Gasteiger partial charge in [-0.2, -0.15) is 0 Å². The van der Waals surface area contributed by atoms with E-state index in [4.69, 9.17) is 10.5 Å². The standard InChI is InChI=1S/C18H22FNO/c1-3-21-18-8-7-15(11-17(18)19)16(12-20)10-14-6-4-5-13(2)9-14/h4-9,11,16H,3,10,12,20H2,1-2H3. The van der Waals surface area contributed by atoms with E-state index in [0.29, 0.717) is 18.9 Å². The minimum absolute atomic E-state index is 0.108. The first kappa shape index (κ1) is 15.5. The zero-order chi connectivity index (χ0) is 15.2. The summed E-state index contributed by atoms with van der Waals surface area (Å²) in [5.41, 5.74) is 9.25. The number of hydrogen-bond donors (Lipinski definition) is 1. The first-order valence-electron chi connectivity index (χ1n) is 7.32. The summed E-state index contributed by atoms with van der Waals surface area (Å²) in [6.45, 7) is 4.85. The molecule has 2 N–H and O–H groups in total. The van der Waals surface area contributed by atoms with Gasteiger partial charge in [0.15, 0.2) is 11.6 Å². The molecule has 2 aromatic rings. The van der Waals surface area contributed by atoms with Gasteiger partial charge in [-0.1, -0.05) is 35.9 Å². The summed E-state index contributed by atoms with van der Waals surface area (Å²) < 4.78 is 19.2. The van der Waals surface area contributed by atoms with Gasteiger partial charge in [0.05, 0.1) is 6.61 Å². The SMILES string of the molecule is CCOc1ccc(C(CN)Cc2cccc(C)c2)cc1F. The molecule has 0 fully saturated rings. The summed E-state index contributed by atoms with van der Waals surface area (Å²) in [6.07, 6.45) is 0.811. The van der Waals surface area contributed by atoms with Gasteiger partial charge in [0, 0.05) is 5.92 Å². The number of rotatable bonds is 6. The highest BCUT2D eigenvalue weighted by molar-refractivity contribution is 5.33. The third-order valence-electron chi connectivity index (χ3n) is 3.58. The zero-order valence-electron chi connectivity index (χ0n) is 12.6. The number of nitrogens with two attached hydrogens (primary N) is 1. The normalized spacial score (nSPS) is 12.2. The highest BCUT2D eigenvalue weighted by Crippen LogP contribution is 2.25. The molecule has 21 heavy (non-hydrogen) atoms. The molecule has 1 atom stereocenters. The van der Waals surface area contributed by atoms with Gasteiger partial charge in [0.2, 0.25) is 0 Å². The van der Waals surface area contributed by atoms with Crippen LogP contribution in [0.2, 0.25) is 0 Å². The van der Waals surface area contributed by atoms with Gasteiger partial charge < -0.3 is 10.5 Å². The van der Waals surface area contributed by atoms with Crippen LogP contribution in [-0.4, -0.2) is 13.2 Å². The smallest absolute Gasteiger partial charge is 0.165 e. The maximum atomic E-state index is 14.0. The van der Waals surface area contributed by atoms with Gasteiger partial charge >= 0.3 is 0 Å². The monoisotopic (exact) mass is 287 g/mol. The molecule has 0 heterocycles. The molecule has 0 radical (unpaired) electrons. The summed E-state index contributed by atoms with van der Waals surface area (Å²) in [5, 5.41) is 0. The molecule has 0 saturated carbocycles. The van der Waals surface area contributed by atoms with Crippen molar-refractivity contribution < 1.29 is 9.13 Å². The summed E-state index contributed by atoms with van der Waals surface area (Å²) in [5.74, 6) is 0.0848. The number of ether oxygens (including phenoxy) is 1. The fraction of sp³-hybridized carbons (Fsp3) is 0.333. The fourth-order valence-corrected chi connectivity index (χ4v) is 2.50. The van der Waals surface area contributed by atoms with Gasteiger partial charge in [0.25, 0.3) is 0 Å². The van der Waals surface area contributed by atoms with E-state index in [-0.39, 0.29) is 11.7 Å². The fourth-order valence-electron chi connectivity index (χ4n) is 2.50. The van der Waals surface area contributed by atoms with E-state index in [1.54, 1.807) is 6.07 Å². The van der Waals surface area contributed by atoms with E-state index in [2.05, 4.69) is 25.1 Å². The van der Waals surface area contributed by atoms with Crippen molar-refractivity contribution >= 4 is 0 Å². The molecule has 0 bridgehead atoms. The van der Waals surface area contributed by atoms with E-state index in [1.807, 2.05) is 19.1 Å². The average Bonchev–Trinajstić information content (AvgIpc) is 2.47. The lowest BCUT2D eigenvalue weighted by Crippen LogP contribution is -2.15. The van der Waals surface area contributed by atoms with Gasteiger partial charge in [-0.25, -0.2) is 4.39 Å². The van der Waals surface area contributed by atoms with Crippen LogP contribution in [0.3, 0.4) is 0 Å². The Morgan fingerprint density at radius 2 is 2.00 bits per heavy atom. The lowest BCUT2D eigenvalue weighted by molar-refractivity contribution is 0.321. The second kappa shape index (κ2) is 7.23. The number of halogens is 1. The Morgan fingerprint density at radius 3 is 2.62 bits per heavy atom. The molecule has 0 aromatic heterocycles. The Kier molecular flexibility index (Phi) is 5.34. The topological polar surface area (TPSA) is 35.2 Å². The van der Waals surface area contributed by atoms with Crippen molar-refractivity contribution in [2.75, 3.05) is 13.2 Å². The van der Waals surface area contributed by atoms with Crippen molar-refractivity contribution in [2.45, 2.75) is 26.2 Å². The molecule has 2 aromatic carbocycles. The Bertz CT molecular complexity index is 598. The van der Waals surface area contributed by atoms with Crippen molar-refractivity contribution in [1.29, 1.82) is 0 Å². The van der Waals surface area contributed by atoms with Crippen LogP contribution in [-0.2, 0) is 6.42 Å². The largest absolute Gasteiger partial charge is 0.491 e. The second-order valence-electron chi connectivity index (χ2n) is 5.25. The van der Waals surface area contributed by atoms with Crippen LogP contribution in [0.25, 0.3) is 0 Å². The van der Waals surface area contributed by atoms with Crippen molar-refractivity contribution in [3.63, 3.8) is 0 Å². The quantitative estimate of drug-likeness (QED) is 0.876. The Balaban J connectivity index is 2.19. The molecule has 0 aliphatic rings. The molecule has 3 heteroatoms. The molecule has 0 spiro atoms. The summed E-state index contributed by atoms with van der Waals surface area (Å²) in [6, 6.07) is 13.5. The van der Waals surface area contributed by atoms with Crippen molar-refractivity contribution in [1.82, 2.24) is 0 Å². The highest BCUT2D eigenvalue weighted by Gasteiger charge is 2.13. The lowest BCUT2D eigenvalue weighted by Gasteiger charge is -2.17. The maximum Gasteiger partial charge on any atom is 0.165 e. The summed E-state index contributed by atoms with van der Waals surface area (Å²) in [4.78, 5) is 0. The molecular weight excluding hydrogens is 265 g/mol. The van der Waals surface area contributed by atoms with Gasteiger partial charge in [0.1, 0.15) is 0 Å². The third-order valence-corrected chi connectivity index (χ3v) is 3.58. The molecule has 0 saturated heterocycles. The molecular formula is C18H22FNO. The van der Waals surface area contributed by atoms with Crippen LogP contribution in [0, 0.1) is 12.7 Å². The Labute approximate surface area is 125 Å². The summed E-state index contributed by atoms with van der Waals surface area (Å²) >= 11 is 0. The van der Waals surface area contributed by atoms with E-state index in [9.17, 15) is 4.39 Å².